The van der Waals surface area contributed by atoms with E-state index in [4.69, 9.17) is 4.74 Å². The van der Waals surface area contributed by atoms with Crippen LogP contribution in [-0.2, 0) is 4.74 Å². The molecule has 180 valence electrons. The summed E-state index contributed by atoms with van der Waals surface area (Å²) in [4.78, 5) is 4.74. The van der Waals surface area contributed by atoms with Gasteiger partial charge in [-0.2, -0.15) is 0 Å². The van der Waals surface area contributed by atoms with Crippen LogP contribution >= 0.6 is 0 Å². The highest BCUT2D eigenvalue weighted by Crippen LogP contribution is 2.34. The first-order valence-corrected chi connectivity index (χ1v) is 12.6. The summed E-state index contributed by atoms with van der Waals surface area (Å²) in [5.41, 5.74) is 2.42. The molecule has 3 aliphatic heterocycles. The Morgan fingerprint density at radius 1 is 0.500 bits per heavy atom. The SMILES string of the molecule is CC1(C)CCCCC1.CC1(C)COC1.CN1CC(C)(C)C1.CN1CCC(C)(C)CC1. The van der Waals surface area contributed by atoms with Gasteiger partial charge in [0.15, 0.2) is 0 Å². The molecule has 1 aliphatic carbocycles. The second-order valence-electron chi connectivity index (χ2n) is 13.7. The van der Waals surface area contributed by atoms with E-state index in [-0.39, 0.29) is 0 Å². The molecule has 3 nitrogen and oxygen atoms in total. The fraction of sp³-hybridized carbons (Fsp3) is 1.00. The van der Waals surface area contributed by atoms with Crippen LogP contribution in [0.15, 0.2) is 0 Å². The molecule has 3 heteroatoms. The molecule has 3 saturated heterocycles. The molecule has 3 heterocycles. The van der Waals surface area contributed by atoms with Crippen LogP contribution in [0.2, 0.25) is 0 Å². The quantitative estimate of drug-likeness (QED) is 0.429. The third-order valence-corrected chi connectivity index (χ3v) is 6.93. The highest BCUT2D eigenvalue weighted by molar-refractivity contribution is 4.84. The van der Waals surface area contributed by atoms with Gasteiger partial charge in [0.1, 0.15) is 0 Å². The fourth-order valence-corrected chi connectivity index (χ4v) is 4.66. The number of likely N-dealkylation sites (tertiary alicyclic amines) is 2. The van der Waals surface area contributed by atoms with Crippen LogP contribution < -0.4 is 0 Å². The van der Waals surface area contributed by atoms with E-state index >= 15 is 0 Å². The summed E-state index contributed by atoms with van der Waals surface area (Å²) in [5, 5.41) is 0. The first-order valence-electron chi connectivity index (χ1n) is 12.6. The second kappa shape index (κ2) is 11.7. The summed E-state index contributed by atoms with van der Waals surface area (Å²) >= 11 is 0. The zero-order valence-electron chi connectivity index (χ0n) is 22.5. The zero-order chi connectivity index (χ0) is 23.1. The third-order valence-electron chi connectivity index (χ3n) is 6.93. The van der Waals surface area contributed by atoms with Gasteiger partial charge in [0.25, 0.3) is 0 Å². The second-order valence-corrected chi connectivity index (χ2v) is 13.7. The molecule has 0 aromatic heterocycles. The standard InChI is InChI=1S/C8H17N.C8H16.C6H13N.C5H10O/c1-8(2)4-6-9(3)7-5-8;1-8(2)6-4-3-5-7-8;1-6(2)4-7(3)5-6;1-5(2)3-6-4-5/h4-7H2,1-3H3;3-7H2,1-2H3;4-5H2,1-3H3;3-4H2,1-2H3. The molecule has 0 aromatic carbocycles. The Balaban J connectivity index is 0.000000202. The molecule has 30 heavy (non-hydrogen) atoms. The van der Waals surface area contributed by atoms with Crippen molar-refractivity contribution in [2.75, 3.05) is 53.5 Å². The van der Waals surface area contributed by atoms with E-state index < -0.39 is 0 Å². The average Bonchev–Trinajstić information content (AvgIpc) is 2.56. The topological polar surface area (TPSA) is 15.7 Å². The number of piperidine rings is 1. The number of hydrogen-bond donors (Lipinski definition) is 0. The lowest BCUT2D eigenvalue weighted by molar-refractivity contribution is -0.0892. The fourth-order valence-electron chi connectivity index (χ4n) is 4.66. The van der Waals surface area contributed by atoms with E-state index in [2.05, 4.69) is 79.3 Å². The molecule has 0 amide bonds. The molecule has 0 bridgehead atoms. The molecule has 4 aliphatic rings. The minimum atomic E-state index is 0.500. The maximum Gasteiger partial charge on any atom is 0.0539 e. The van der Waals surface area contributed by atoms with E-state index in [1.165, 1.54) is 71.1 Å². The number of ether oxygens (including phenoxy) is 1. The first-order chi connectivity index (χ1) is 13.6. The van der Waals surface area contributed by atoms with Gasteiger partial charge in [0.2, 0.25) is 0 Å². The maximum absolute atomic E-state index is 4.94. The van der Waals surface area contributed by atoms with Crippen LogP contribution in [0.4, 0.5) is 0 Å². The van der Waals surface area contributed by atoms with Gasteiger partial charge in [-0.3, -0.25) is 0 Å². The van der Waals surface area contributed by atoms with Gasteiger partial charge in [0.05, 0.1) is 13.2 Å². The van der Waals surface area contributed by atoms with Crippen molar-refractivity contribution in [1.82, 2.24) is 9.80 Å². The van der Waals surface area contributed by atoms with Crippen LogP contribution in [0, 0.1) is 21.7 Å². The van der Waals surface area contributed by atoms with Gasteiger partial charge in [0, 0.05) is 18.5 Å². The van der Waals surface area contributed by atoms with Crippen molar-refractivity contribution < 1.29 is 4.74 Å². The van der Waals surface area contributed by atoms with Crippen molar-refractivity contribution in [3.63, 3.8) is 0 Å². The van der Waals surface area contributed by atoms with Crippen LogP contribution in [0.25, 0.3) is 0 Å². The Labute approximate surface area is 190 Å². The van der Waals surface area contributed by atoms with Crippen LogP contribution in [0.3, 0.4) is 0 Å². The maximum atomic E-state index is 4.94. The average molecular weight is 425 g/mol. The van der Waals surface area contributed by atoms with Gasteiger partial charge in [-0.1, -0.05) is 74.7 Å². The Morgan fingerprint density at radius 2 is 0.900 bits per heavy atom. The van der Waals surface area contributed by atoms with Gasteiger partial charge < -0.3 is 14.5 Å². The van der Waals surface area contributed by atoms with Gasteiger partial charge >= 0.3 is 0 Å². The van der Waals surface area contributed by atoms with E-state index in [0.717, 1.165) is 13.2 Å². The van der Waals surface area contributed by atoms with Crippen molar-refractivity contribution in [3.8, 4) is 0 Å². The number of hydrogen-bond acceptors (Lipinski definition) is 3. The molecule has 0 aromatic rings. The highest BCUT2D eigenvalue weighted by Gasteiger charge is 2.30. The van der Waals surface area contributed by atoms with E-state index in [1.54, 1.807) is 0 Å². The molecular formula is C27H56N2O. The summed E-state index contributed by atoms with van der Waals surface area (Å²) in [5.74, 6) is 0. The van der Waals surface area contributed by atoms with E-state index in [0.29, 0.717) is 21.7 Å². The molecule has 4 fully saturated rings. The predicted molar refractivity (Wildman–Crippen MR) is 133 cm³/mol. The molecule has 1 saturated carbocycles. The van der Waals surface area contributed by atoms with Crippen LogP contribution in [-0.4, -0.2) is 63.3 Å². The Hall–Kier alpha value is -0.120. The summed E-state index contributed by atoms with van der Waals surface area (Å²) in [6.45, 7) is 25.5. The normalized spacial score (nSPS) is 28.6. The lowest BCUT2D eigenvalue weighted by Gasteiger charge is -2.43. The first kappa shape index (κ1) is 27.9. The predicted octanol–water partition coefficient (Wildman–Crippen LogP) is 6.72. The molecule has 0 N–H and O–H groups in total. The van der Waals surface area contributed by atoms with Crippen LogP contribution in [0.1, 0.15) is 100 Å². The van der Waals surface area contributed by atoms with E-state index in [9.17, 15) is 0 Å². The minimum absolute atomic E-state index is 0.500. The number of nitrogens with zero attached hydrogens (tertiary/aromatic N) is 2. The molecule has 0 radical (unpaired) electrons. The highest BCUT2D eigenvalue weighted by atomic mass is 16.5. The van der Waals surface area contributed by atoms with Crippen molar-refractivity contribution in [1.29, 1.82) is 0 Å². The summed E-state index contributed by atoms with van der Waals surface area (Å²) in [6.07, 6.45) is 10.0. The lowest BCUT2D eigenvalue weighted by atomic mass is 9.78. The van der Waals surface area contributed by atoms with Gasteiger partial charge in [-0.15, -0.1) is 0 Å². The van der Waals surface area contributed by atoms with Crippen molar-refractivity contribution >= 4 is 0 Å². The Morgan fingerprint density at radius 3 is 1.07 bits per heavy atom. The number of rotatable bonds is 0. The summed E-state index contributed by atoms with van der Waals surface area (Å²) in [6, 6.07) is 0. The molecular weight excluding hydrogens is 368 g/mol. The molecule has 0 atom stereocenters. The van der Waals surface area contributed by atoms with Crippen LogP contribution in [0.5, 0.6) is 0 Å². The summed E-state index contributed by atoms with van der Waals surface area (Å²) < 4.78 is 4.94. The Kier molecular flexibility index (Phi) is 10.8. The van der Waals surface area contributed by atoms with Crippen molar-refractivity contribution in [2.24, 2.45) is 21.7 Å². The Bertz CT molecular complexity index is 449. The van der Waals surface area contributed by atoms with E-state index in [1.807, 2.05) is 0 Å². The zero-order valence-corrected chi connectivity index (χ0v) is 22.5. The molecule has 0 unspecified atom stereocenters. The minimum Gasteiger partial charge on any atom is -0.380 e. The molecule has 0 spiro atoms. The lowest BCUT2D eigenvalue weighted by Crippen LogP contribution is -2.50. The van der Waals surface area contributed by atoms with Crippen molar-refractivity contribution in [3.05, 3.63) is 0 Å². The third kappa shape index (κ3) is 12.7. The monoisotopic (exact) mass is 424 g/mol. The van der Waals surface area contributed by atoms with Crippen molar-refractivity contribution in [2.45, 2.75) is 100 Å². The molecule has 4 rings (SSSR count). The largest absolute Gasteiger partial charge is 0.380 e. The smallest absolute Gasteiger partial charge is 0.0539 e. The van der Waals surface area contributed by atoms with Gasteiger partial charge in [-0.25, -0.2) is 0 Å². The summed E-state index contributed by atoms with van der Waals surface area (Å²) in [7, 11) is 4.36. The van der Waals surface area contributed by atoms with Gasteiger partial charge in [-0.05, 0) is 69.1 Å².